The molecule has 4 heteroatoms. The first-order chi connectivity index (χ1) is 6.65. The highest BCUT2D eigenvalue weighted by molar-refractivity contribution is 6.30. The molecule has 0 saturated heterocycles. The van der Waals surface area contributed by atoms with Crippen molar-refractivity contribution in [2.24, 2.45) is 0 Å². The lowest BCUT2D eigenvalue weighted by molar-refractivity contribution is 0.627. The zero-order valence-corrected chi connectivity index (χ0v) is 7.72. The fourth-order valence-corrected chi connectivity index (χ4v) is 1.14. The standard InChI is InChI=1S/C10H4ClFN2/c11-9-2-7(3-10(12)4-9)1-8(5-13)6-14/h1-4H. The van der Waals surface area contributed by atoms with Crippen molar-refractivity contribution in [1.82, 2.24) is 0 Å². The molecule has 14 heavy (non-hydrogen) atoms. The van der Waals surface area contributed by atoms with Crippen molar-refractivity contribution >= 4 is 17.7 Å². The Morgan fingerprint density at radius 2 is 1.93 bits per heavy atom. The quantitative estimate of drug-likeness (QED) is 0.664. The Labute approximate surface area is 85.5 Å². The minimum absolute atomic E-state index is 0.0910. The summed E-state index contributed by atoms with van der Waals surface area (Å²) >= 11 is 5.58. The van der Waals surface area contributed by atoms with Crippen LogP contribution < -0.4 is 0 Å². The SMILES string of the molecule is N#CC(C#N)=Cc1cc(F)cc(Cl)c1. The first kappa shape index (κ1) is 10.2. The van der Waals surface area contributed by atoms with Crippen molar-refractivity contribution in [2.75, 3.05) is 0 Å². The minimum atomic E-state index is -0.501. The maximum Gasteiger partial charge on any atom is 0.130 e. The number of hydrogen-bond acceptors (Lipinski definition) is 2. The maximum atomic E-state index is 12.8. The van der Waals surface area contributed by atoms with Gasteiger partial charge in [-0.2, -0.15) is 10.5 Å². The molecule has 0 aliphatic carbocycles. The van der Waals surface area contributed by atoms with Gasteiger partial charge in [0.2, 0.25) is 0 Å². The summed E-state index contributed by atoms with van der Waals surface area (Å²) in [6.45, 7) is 0. The lowest BCUT2D eigenvalue weighted by Gasteiger charge is -1.95. The van der Waals surface area contributed by atoms with Gasteiger partial charge in [0.1, 0.15) is 23.5 Å². The summed E-state index contributed by atoms with van der Waals surface area (Å²) in [7, 11) is 0. The molecular formula is C10H4ClFN2. The molecule has 0 aliphatic heterocycles. The van der Waals surface area contributed by atoms with E-state index in [1.165, 1.54) is 18.2 Å². The zero-order valence-electron chi connectivity index (χ0n) is 6.96. The van der Waals surface area contributed by atoms with E-state index in [-0.39, 0.29) is 10.6 Å². The van der Waals surface area contributed by atoms with Gasteiger partial charge in [0, 0.05) is 5.02 Å². The van der Waals surface area contributed by atoms with Crippen molar-refractivity contribution in [3.05, 3.63) is 40.2 Å². The van der Waals surface area contributed by atoms with Crippen LogP contribution in [-0.4, -0.2) is 0 Å². The highest BCUT2D eigenvalue weighted by atomic mass is 35.5. The highest BCUT2D eigenvalue weighted by Gasteiger charge is 1.98. The Hall–Kier alpha value is -1.84. The Balaban J connectivity index is 3.17. The van der Waals surface area contributed by atoms with Crippen LogP contribution in [0.2, 0.25) is 5.02 Å². The summed E-state index contributed by atoms with van der Waals surface area (Å²) in [5, 5.41) is 17.1. The topological polar surface area (TPSA) is 47.6 Å². The molecule has 68 valence electrons. The van der Waals surface area contributed by atoms with Gasteiger partial charge in [-0.25, -0.2) is 4.39 Å². The van der Waals surface area contributed by atoms with E-state index in [9.17, 15) is 4.39 Å². The van der Waals surface area contributed by atoms with Crippen molar-refractivity contribution in [3.8, 4) is 12.1 Å². The Kier molecular flexibility index (Phi) is 3.23. The zero-order chi connectivity index (χ0) is 10.6. The number of hydrogen-bond donors (Lipinski definition) is 0. The van der Waals surface area contributed by atoms with E-state index >= 15 is 0 Å². The van der Waals surface area contributed by atoms with Crippen LogP contribution in [-0.2, 0) is 0 Å². The third kappa shape index (κ3) is 2.58. The molecule has 0 amide bonds. The first-order valence-corrected chi connectivity index (χ1v) is 4.01. The van der Waals surface area contributed by atoms with Gasteiger partial charge in [-0.3, -0.25) is 0 Å². The second-order valence-electron chi connectivity index (χ2n) is 2.48. The van der Waals surface area contributed by atoms with E-state index in [1.54, 1.807) is 12.1 Å². The summed E-state index contributed by atoms with van der Waals surface area (Å²) in [6.07, 6.45) is 1.27. The van der Waals surface area contributed by atoms with Gasteiger partial charge in [-0.05, 0) is 29.8 Å². The molecule has 0 atom stereocenters. The lowest BCUT2D eigenvalue weighted by atomic mass is 10.1. The second kappa shape index (κ2) is 4.41. The molecule has 0 N–H and O–H groups in total. The van der Waals surface area contributed by atoms with Gasteiger partial charge in [0.15, 0.2) is 0 Å². The number of rotatable bonds is 1. The number of halogens is 2. The predicted octanol–water partition coefficient (Wildman–Crippen LogP) is 2.91. The number of nitriles is 2. The molecule has 1 rings (SSSR count). The molecule has 0 radical (unpaired) electrons. The largest absolute Gasteiger partial charge is 0.207 e. The van der Waals surface area contributed by atoms with Crippen molar-refractivity contribution in [1.29, 1.82) is 10.5 Å². The molecule has 0 aliphatic rings. The van der Waals surface area contributed by atoms with Crippen LogP contribution in [0.1, 0.15) is 5.56 Å². The van der Waals surface area contributed by atoms with Crippen LogP contribution in [0.4, 0.5) is 4.39 Å². The fourth-order valence-electron chi connectivity index (χ4n) is 0.915. The Morgan fingerprint density at radius 1 is 1.29 bits per heavy atom. The average Bonchev–Trinajstić information content (AvgIpc) is 2.12. The van der Waals surface area contributed by atoms with Crippen molar-refractivity contribution < 1.29 is 4.39 Å². The summed E-state index contributed by atoms with van der Waals surface area (Å²) in [4.78, 5) is 0. The van der Waals surface area contributed by atoms with E-state index in [0.29, 0.717) is 5.56 Å². The highest BCUT2D eigenvalue weighted by Crippen LogP contribution is 2.16. The Bertz CT molecular complexity index is 430. The van der Waals surface area contributed by atoms with Gasteiger partial charge in [-0.15, -0.1) is 0 Å². The third-order valence-corrected chi connectivity index (χ3v) is 1.66. The number of benzene rings is 1. The van der Waals surface area contributed by atoms with Gasteiger partial charge in [-0.1, -0.05) is 11.6 Å². The van der Waals surface area contributed by atoms with Gasteiger partial charge in [0.25, 0.3) is 0 Å². The first-order valence-electron chi connectivity index (χ1n) is 3.63. The lowest BCUT2D eigenvalue weighted by Crippen LogP contribution is -1.80. The van der Waals surface area contributed by atoms with Gasteiger partial charge >= 0.3 is 0 Å². The van der Waals surface area contributed by atoms with Gasteiger partial charge < -0.3 is 0 Å². The second-order valence-corrected chi connectivity index (χ2v) is 2.92. The maximum absolute atomic E-state index is 12.8. The van der Waals surface area contributed by atoms with E-state index in [1.807, 2.05) is 0 Å². The van der Waals surface area contributed by atoms with Crippen LogP contribution >= 0.6 is 11.6 Å². The van der Waals surface area contributed by atoms with Gasteiger partial charge in [0.05, 0.1) is 0 Å². The van der Waals surface area contributed by atoms with E-state index in [0.717, 1.165) is 6.07 Å². The third-order valence-electron chi connectivity index (χ3n) is 1.44. The van der Waals surface area contributed by atoms with Crippen LogP contribution in [0, 0.1) is 28.5 Å². The van der Waals surface area contributed by atoms with Crippen molar-refractivity contribution in [3.63, 3.8) is 0 Å². The fraction of sp³-hybridized carbons (Fsp3) is 0. The van der Waals surface area contributed by atoms with Crippen LogP contribution in [0.5, 0.6) is 0 Å². The van der Waals surface area contributed by atoms with Crippen LogP contribution in [0.15, 0.2) is 23.8 Å². The molecule has 0 fully saturated rings. The van der Waals surface area contributed by atoms with E-state index in [4.69, 9.17) is 22.1 Å². The van der Waals surface area contributed by atoms with E-state index < -0.39 is 5.82 Å². The van der Waals surface area contributed by atoms with Crippen LogP contribution in [0.25, 0.3) is 6.08 Å². The molecule has 0 saturated carbocycles. The number of allylic oxidation sites excluding steroid dienone is 1. The average molecular weight is 207 g/mol. The molecule has 0 heterocycles. The molecule has 0 spiro atoms. The van der Waals surface area contributed by atoms with E-state index in [2.05, 4.69) is 0 Å². The smallest absolute Gasteiger partial charge is 0.130 e. The summed E-state index contributed by atoms with van der Waals surface area (Å²) in [5.74, 6) is -0.501. The van der Waals surface area contributed by atoms with Crippen LogP contribution in [0.3, 0.4) is 0 Å². The minimum Gasteiger partial charge on any atom is -0.207 e. The Morgan fingerprint density at radius 3 is 2.43 bits per heavy atom. The summed E-state index contributed by atoms with van der Waals surface area (Å²) in [6, 6.07) is 7.16. The molecular weight excluding hydrogens is 203 g/mol. The molecule has 0 bridgehead atoms. The molecule has 1 aromatic rings. The van der Waals surface area contributed by atoms with Crippen molar-refractivity contribution in [2.45, 2.75) is 0 Å². The molecule has 0 unspecified atom stereocenters. The predicted molar refractivity (Wildman–Crippen MR) is 50.6 cm³/mol. The monoisotopic (exact) mass is 206 g/mol. The summed E-state index contributed by atoms with van der Waals surface area (Å²) < 4.78 is 12.8. The molecule has 1 aromatic carbocycles. The summed E-state index contributed by atoms with van der Waals surface area (Å²) in [5.41, 5.74) is 0.305. The molecule has 0 aromatic heterocycles. The number of nitrogens with zero attached hydrogens (tertiary/aromatic N) is 2. The normalized spacial score (nSPS) is 8.57. The molecule has 2 nitrogen and oxygen atoms in total.